The molecule has 0 aromatic rings. The van der Waals surface area contributed by atoms with E-state index in [2.05, 4.69) is 10.5 Å². The van der Waals surface area contributed by atoms with Crippen LogP contribution in [-0.2, 0) is 9.53 Å². The highest BCUT2D eigenvalue weighted by molar-refractivity contribution is 5.83. The highest BCUT2D eigenvalue weighted by Gasteiger charge is 2.27. The molecule has 0 saturated carbocycles. The van der Waals surface area contributed by atoms with E-state index in [1.54, 1.807) is 0 Å². The molecule has 15 heavy (non-hydrogen) atoms. The van der Waals surface area contributed by atoms with Crippen LogP contribution in [0.25, 0.3) is 0 Å². The van der Waals surface area contributed by atoms with Gasteiger partial charge in [-0.25, -0.2) is 0 Å². The van der Waals surface area contributed by atoms with E-state index in [0.29, 0.717) is 13.0 Å². The number of ether oxygens (including phenoxy) is 1. The molecule has 0 aliphatic carbocycles. The van der Waals surface area contributed by atoms with Crippen LogP contribution >= 0.6 is 0 Å². The van der Waals surface area contributed by atoms with Gasteiger partial charge in [0.05, 0.1) is 6.10 Å². The normalized spacial score (nSPS) is 26.6. The number of oxime groups is 1. The number of nitrogens with two attached hydrogens (primary N) is 1. The van der Waals surface area contributed by atoms with Crippen LogP contribution < -0.4 is 11.1 Å². The quantitative estimate of drug-likeness (QED) is 0.262. The maximum Gasteiger partial charge on any atom is 0.249 e. The van der Waals surface area contributed by atoms with Gasteiger partial charge >= 0.3 is 0 Å². The Morgan fingerprint density at radius 1 is 1.67 bits per heavy atom. The van der Waals surface area contributed by atoms with Crippen molar-refractivity contribution in [2.24, 2.45) is 10.9 Å². The predicted octanol–water partition coefficient (Wildman–Crippen LogP) is -0.193. The minimum Gasteiger partial charge on any atom is -0.409 e. The third kappa shape index (κ3) is 3.75. The fourth-order valence-corrected chi connectivity index (χ4v) is 1.47. The average molecular weight is 215 g/mol. The summed E-state index contributed by atoms with van der Waals surface area (Å²) in [7, 11) is 0. The maximum atomic E-state index is 11.5. The average Bonchev–Trinajstić information content (AvgIpc) is 2.64. The van der Waals surface area contributed by atoms with E-state index in [-0.39, 0.29) is 24.0 Å². The Labute approximate surface area is 88.5 Å². The zero-order chi connectivity index (χ0) is 11.3. The Hall–Kier alpha value is -1.30. The van der Waals surface area contributed by atoms with Gasteiger partial charge < -0.3 is 21.0 Å². The summed E-state index contributed by atoms with van der Waals surface area (Å²) in [4.78, 5) is 11.5. The third-order valence-electron chi connectivity index (χ3n) is 2.33. The van der Waals surface area contributed by atoms with Gasteiger partial charge in [-0.2, -0.15) is 0 Å². The first-order chi connectivity index (χ1) is 7.13. The van der Waals surface area contributed by atoms with Crippen molar-refractivity contribution in [3.05, 3.63) is 0 Å². The molecule has 0 aromatic carbocycles. The van der Waals surface area contributed by atoms with Crippen molar-refractivity contribution < 1.29 is 14.7 Å². The van der Waals surface area contributed by atoms with Crippen LogP contribution in [-0.4, -0.2) is 35.7 Å². The van der Waals surface area contributed by atoms with Crippen molar-refractivity contribution in [1.82, 2.24) is 5.32 Å². The summed E-state index contributed by atoms with van der Waals surface area (Å²) in [5, 5.41) is 13.8. The van der Waals surface area contributed by atoms with Crippen LogP contribution in [0.2, 0.25) is 0 Å². The first kappa shape index (κ1) is 11.8. The number of rotatable bonds is 4. The Bertz CT molecular complexity index is 255. The molecule has 1 aliphatic heterocycles. The van der Waals surface area contributed by atoms with Gasteiger partial charge in [0, 0.05) is 13.0 Å². The third-order valence-corrected chi connectivity index (χ3v) is 2.33. The van der Waals surface area contributed by atoms with Crippen LogP contribution in [0.4, 0.5) is 0 Å². The van der Waals surface area contributed by atoms with Crippen molar-refractivity contribution in [3.63, 3.8) is 0 Å². The Morgan fingerprint density at radius 2 is 2.40 bits per heavy atom. The smallest absolute Gasteiger partial charge is 0.249 e. The van der Waals surface area contributed by atoms with Gasteiger partial charge in [-0.1, -0.05) is 5.16 Å². The maximum absolute atomic E-state index is 11.5. The topological polar surface area (TPSA) is 96.9 Å². The lowest BCUT2D eigenvalue weighted by Crippen LogP contribution is -2.36. The van der Waals surface area contributed by atoms with Crippen molar-refractivity contribution in [1.29, 1.82) is 0 Å². The summed E-state index contributed by atoms with van der Waals surface area (Å²) in [6.07, 6.45) is 1.83. The Kier molecular flexibility index (Phi) is 4.36. The second-order valence-corrected chi connectivity index (χ2v) is 3.65. The first-order valence-corrected chi connectivity index (χ1v) is 5.03. The van der Waals surface area contributed by atoms with Crippen LogP contribution in [0, 0.1) is 0 Å². The van der Waals surface area contributed by atoms with Gasteiger partial charge in [0.15, 0.2) is 0 Å². The number of hydrogen-bond acceptors (Lipinski definition) is 4. The van der Waals surface area contributed by atoms with E-state index in [0.717, 1.165) is 12.8 Å². The molecular formula is C9H17N3O3. The van der Waals surface area contributed by atoms with E-state index in [1.165, 1.54) is 0 Å². The molecule has 1 fully saturated rings. The summed E-state index contributed by atoms with van der Waals surface area (Å²) < 4.78 is 5.38. The molecule has 2 atom stereocenters. The lowest BCUT2D eigenvalue weighted by atomic mass is 10.2. The number of carbonyl (C=O) groups is 1. The number of hydrogen-bond donors (Lipinski definition) is 3. The fraction of sp³-hybridized carbons (Fsp3) is 0.778. The Morgan fingerprint density at radius 3 is 2.93 bits per heavy atom. The van der Waals surface area contributed by atoms with Crippen LogP contribution in [0.1, 0.15) is 26.2 Å². The zero-order valence-corrected chi connectivity index (χ0v) is 8.77. The van der Waals surface area contributed by atoms with Crippen molar-refractivity contribution in [2.75, 3.05) is 6.54 Å². The molecule has 1 rings (SSSR count). The molecule has 0 aromatic heterocycles. The van der Waals surface area contributed by atoms with Crippen molar-refractivity contribution in [2.45, 2.75) is 38.4 Å². The molecule has 1 heterocycles. The van der Waals surface area contributed by atoms with E-state index in [9.17, 15) is 4.79 Å². The molecule has 1 saturated heterocycles. The number of nitrogens with one attached hydrogen (secondary N) is 1. The monoisotopic (exact) mass is 215 g/mol. The van der Waals surface area contributed by atoms with Crippen molar-refractivity contribution >= 4 is 11.7 Å². The molecule has 4 N–H and O–H groups in total. The SMILES string of the molecule is CC1CCC(C(=O)NCCC(N)=NO)O1. The first-order valence-electron chi connectivity index (χ1n) is 5.03. The van der Waals surface area contributed by atoms with Gasteiger partial charge in [0.25, 0.3) is 0 Å². The van der Waals surface area contributed by atoms with Gasteiger partial charge in [-0.15, -0.1) is 0 Å². The summed E-state index contributed by atoms with van der Waals surface area (Å²) in [5.74, 6) is -0.0129. The standard InChI is InChI=1S/C9H17N3O3/c1-6-2-3-7(15-6)9(13)11-5-4-8(10)12-14/h6-7,14H,2-5H2,1H3,(H2,10,12)(H,11,13). The molecule has 0 spiro atoms. The summed E-state index contributed by atoms with van der Waals surface area (Å²) >= 11 is 0. The van der Waals surface area contributed by atoms with Crippen LogP contribution in [0.15, 0.2) is 5.16 Å². The predicted molar refractivity (Wildman–Crippen MR) is 54.6 cm³/mol. The highest BCUT2D eigenvalue weighted by Crippen LogP contribution is 2.18. The molecule has 1 amide bonds. The summed E-state index contributed by atoms with van der Waals surface area (Å²) in [6, 6.07) is 0. The van der Waals surface area contributed by atoms with E-state index in [4.69, 9.17) is 15.7 Å². The molecule has 1 aliphatic rings. The fourth-order valence-electron chi connectivity index (χ4n) is 1.47. The minimum absolute atomic E-state index is 0.107. The lowest BCUT2D eigenvalue weighted by Gasteiger charge is -2.11. The second kappa shape index (κ2) is 5.55. The number of nitrogens with zero attached hydrogens (tertiary/aromatic N) is 1. The number of amides is 1. The van der Waals surface area contributed by atoms with Gasteiger partial charge in [-0.05, 0) is 19.8 Å². The van der Waals surface area contributed by atoms with Crippen molar-refractivity contribution in [3.8, 4) is 0 Å². The minimum atomic E-state index is -0.340. The largest absolute Gasteiger partial charge is 0.409 e. The van der Waals surface area contributed by atoms with Crippen LogP contribution in [0.3, 0.4) is 0 Å². The molecule has 0 bridgehead atoms. The van der Waals surface area contributed by atoms with Gasteiger partial charge in [0.1, 0.15) is 11.9 Å². The molecule has 6 nitrogen and oxygen atoms in total. The highest BCUT2D eigenvalue weighted by atomic mass is 16.5. The summed E-state index contributed by atoms with van der Waals surface area (Å²) in [5.41, 5.74) is 5.25. The van der Waals surface area contributed by atoms with Gasteiger partial charge in [-0.3, -0.25) is 4.79 Å². The number of carbonyl (C=O) groups excluding carboxylic acids is 1. The Balaban J connectivity index is 2.19. The van der Waals surface area contributed by atoms with Gasteiger partial charge in [0.2, 0.25) is 5.91 Å². The second-order valence-electron chi connectivity index (χ2n) is 3.65. The van der Waals surface area contributed by atoms with E-state index in [1.807, 2.05) is 6.92 Å². The molecule has 2 unspecified atom stereocenters. The molecule has 86 valence electrons. The molecular weight excluding hydrogens is 198 g/mol. The van der Waals surface area contributed by atoms with Crippen LogP contribution in [0.5, 0.6) is 0 Å². The van der Waals surface area contributed by atoms with E-state index < -0.39 is 0 Å². The lowest BCUT2D eigenvalue weighted by molar-refractivity contribution is -0.131. The summed E-state index contributed by atoms with van der Waals surface area (Å²) in [6.45, 7) is 2.31. The van der Waals surface area contributed by atoms with E-state index >= 15 is 0 Å². The number of amidine groups is 1. The zero-order valence-electron chi connectivity index (χ0n) is 8.77. The molecule has 0 radical (unpaired) electrons. The molecule has 6 heteroatoms.